The molecule has 0 amide bonds. The maximum absolute atomic E-state index is 6.24. The fourth-order valence-electron chi connectivity index (χ4n) is 2.38. The second-order valence-corrected chi connectivity index (χ2v) is 5.88. The third-order valence-electron chi connectivity index (χ3n) is 3.96. The highest BCUT2D eigenvalue weighted by Crippen LogP contribution is 2.24. The van der Waals surface area contributed by atoms with Crippen molar-refractivity contribution in [3.05, 3.63) is 69.2 Å². The van der Waals surface area contributed by atoms with Gasteiger partial charge in [-0.2, -0.15) is 0 Å². The van der Waals surface area contributed by atoms with Gasteiger partial charge in [0.05, 0.1) is 0 Å². The van der Waals surface area contributed by atoms with Gasteiger partial charge in [0, 0.05) is 11.1 Å². The Labute approximate surface area is 127 Å². The Bertz CT molecular complexity index is 604. The van der Waals surface area contributed by atoms with Crippen molar-refractivity contribution in [2.75, 3.05) is 7.05 Å². The van der Waals surface area contributed by atoms with Gasteiger partial charge in [0.25, 0.3) is 0 Å². The van der Waals surface area contributed by atoms with Crippen LogP contribution in [0.1, 0.15) is 33.9 Å². The van der Waals surface area contributed by atoms with Crippen LogP contribution in [0, 0.1) is 20.8 Å². The van der Waals surface area contributed by atoms with E-state index >= 15 is 0 Å². The van der Waals surface area contributed by atoms with E-state index in [9.17, 15) is 0 Å². The molecule has 0 saturated heterocycles. The van der Waals surface area contributed by atoms with Gasteiger partial charge in [-0.05, 0) is 68.1 Å². The average Bonchev–Trinajstić information content (AvgIpc) is 2.43. The van der Waals surface area contributed by atoms with Crippen molar-refractivity contribution in [2.24, 2.45) is 0 Å². The first kappa shape index (κ1) is 15.1. The Kier molecular flexibility index (Phi) is 4.85. The van der Waals surface area contributed by atoms with E-state index in [4.69, 9.17) is 11.6 Å². The van der Waals surface area contributed by atoms with Crippen LogP contribution >= 0.6 is 11.6 Å². The molecule has 0 aromatic heterocycles. The topological polar surface area (TPSA) is 12.0 Å². The van der Waals surface area contributed by atoms with Gasteiger partial charge in [-0.3, -0.25) is 0 Å². The minimum Gasteiger partial charge on any atom is -0.313 e. The minimum absolute atomic E-state index is 0.287. The minimum atomic E-state index is 0.287. The molecule has 2 aromatic carbocycles. The van der Waals surface area contributed by atoms with E-state index < -0.39 is 0 Å². The van der Waals surface area contributed by atoms with Crippen LogP contribution in [-0.4, -0.2) is 7.05 Å². The number of hydrogen-bond donors (Lipinski definition) is 1. The predicted molar refractivity (Wildman–Crippen MR) is 87.6 cm³/mol. The van der Waals surface area contributed by atoms with Crippen molar-refractivity contribution in [1.82, 2.24) is 5.32 Å². The number of halogens is 1. The molecule has 2 rings (SSSR count). The zero-order chi connectivity index (χ0) is 14.7. The number of aryl methyl sites for hydroxylation is 3. The van der Waals surface area contributed by atoms with E-state index in [2.05, 4.69) is 55.6 Å². The Morgan fingerprint density at radius 3 is 2.25 bits per heavy atom. The van der Waals surface area contributed by atoms with Gasteiger partial charge in [0.15, 0.2) is 0 Å². The summed E-state index contributed by atoms with van der Waals surface area (Å²) in [6, 6.07) is 13.3. The van der Waals surface area contributed by atoms with E-state index in [-0.39, 0.29) is 6.04 Å². The van der Waals surface area contributed by atoms with E-state index in [1.54, 1.807) is 0 Å². The van der Waals surface area contributed by atoms with Gasteiger partial charge in [-0.15, -0.1) is 0 Å². The molecule has 1 unspecified atom stereocenters. The van der Waals surface area contributed by atoms with Crippen molar-refractivity contribution in [1.29, 1.82) is 0 Å². The first-order chi connectivity index (χ1) is 9.51. The summed E-state index contributed by atoms with van der Waals surface area (Å²) in [6.45, 7) is 6.34. The largest absolute Gasteiger partial charge is 0.313 e. The summed E-state index contributed by atoms with van der Waals surface area (Å²) in [5.41, 5.74) is 6.40. The van der Waals surface area contributed by atoms with Crippen LogP contribution in [0.25, 0.3) is 0 Å². The Balaban J connectivity index is 2.23. The smallest absolute Gasteiger partial charge is 0.0438 e. The van der Waals surface area contributed by atoms with Gasteiger partial charge in [-0.1, -0.05) is 41.9 Å². The van der Waals surface area contributed by atoms with Gasteiger partial charge in [0.2, 0.25) is 0 Å². The molecule has 1 nitrogen and oxygen atoms in total. The lowest BCUT2D eigenvalue weighted by molar-refractivity contribution is 0.592. The first-order valence-corrected chi connectivity index (χ1v) is 7.38. The van der Waals surface area contributed by atoms with Crippen molar-refractivity contribution in [2.45, 2.75) is 33.2 Å². The lowest BCUT2D eigenvalue weighted by Gasteiger charge is -2.18. The molecule has 106 valence electrons. The van der Waals surface area contributed by atoms with Gasteiger partial charge in [-0.25, -0.2) is 0 Å². The monoisotopic (exact) mass is 287 g/mol. The normalized spacial score (nSPS) is 12.4. The quantitative estimate of drug-likeness (QED) is 0.854. The predicted octanol–water partition coefficient (Wildman–Crippen LogP) is 4.77. The highest BCUT2D eigenvalue weighted by molar-refractivity contribution is 6.31. The maximum atomic E-state index is 6.24. The standard InChI is InChI=1S/C18H22ClN/c1-12-5-7-15(9-14(12)3)10-18(20-4)16-8-6-13(2)17(19)11-16/h5-9,11,18,20H,10H2,1-4H3. The molecule has 0 fully saturated rings. The van der Waals surface area contributed by atoms with Crippen LogP contribution < -0.4 is 5.32 Å². The number of benzene rings is 2. The SMILES string of the molecule is CNC(Cc1ccc(C)c(C)c1)c1ccc(C)c(Cl)c1. The fraction of sp³-hybridized carbons (Fsp3) is 0.333. The summed E-state index contributed by atoms with van der Waals surface area (Å²) >= 11 is 6.24. The van der Waals surface area contributed by atoms with E-state index in [0.29, 0.717) is 0 Å². The molecule has 0 heterocycles. The summed E-state index contributed by atoms with van der Waals surface area (Å²) in [5, 5.41) is 4.22. The second-order valence-electron chi connectivity index (χ2n) is 5.47. The average molecular weight is 288 g/mol. The molecule has 0 spiro atoms. The third-order valence-corrected chi connectivity index (χ3v) is 4.37. The second kappa shape index (κ2) is 6.43. The third kappa shape index (κ3) is 3.41. The Morgan fingerprint density at radius 2 is 1.65 bits per heavy atom. The molecule has 0 aliphatic carbocycles. The number of likely N-dealkylation sites (N-methyl/N-ethyl adjacent to an activating group) is 1. The molecule has 1 atom stereocenters. The zero-order valence-electron chi connectivity index (χ0n) is 12.6. The van der Waals surface area contributed by atoms with Crippen LogP contribution in [0.5, 0.6) is 0 Å². The van der Waals surface area contributed by atoms with Crippen molar-refractivity contribution in [3.8, 4) is 0 Å². The first-order valence-electron chi connectivity index (χ1n) is 7.00. The summed E-state index contributed by atoms with van der Waals surface area (Å²) < 4.78 is 0. The van der Waals surface area contributed by atoms with E-state index in [1.165, 1.54) is 22.3 Å². The molecule has 0 radical (unpaired) electrons. The lowest BCUT2D eigenvalue weighted by Crippen LogP contribution is -2.19. The van der Waals surface area contributed by atoms with Crippen LogP contribution in [0.2, 0.25) is 5.02 Å². The molecule has 1 N–H and O–H groups in total. The number of nitrogens with one attached hydrogen (secondary N) is 1. The van der Waals surface area contributed by atoms with Gasteiger partial charge in [0.1, 0.15) is 0 Å². The molecule has 2 aromatic rings. The highest BCUT2D eigenvalue weighted by Gasteiger charge is 2.11. The molecule has 0 saturated carbocycles. The highest BCUT2D eigenvalue weighted by atomic mass is 35.5. The maximum Gasteiger partial charge on any atom is 0.0438 e. The molecule has 0 aliphatic heterocycles. The van der Waals surface area contributed by atoms with Crippen molar-refractivity contribution in [3.63, 3.8) is 0 Å². The molecule has 2 heteroatoms. The molecule has 20 heavy (non-hydrogen) atoms. The van der Waals surface area contributed by atoms with E-state index in [1.807, 2.05) is 14.0 Å². The van der Waals surface area contributed by atoms with Crippen molar-refractivity contribution >= 4 is 11.6 Å². The fourth-order valence-corrected chi connectivity index (χ4v) is 2.57. The van der Waals surface area contributed by atoms with Crippen LogP contribution in [0.3, 0.4) is 0 Å². The van der Waals surface area contributed by atoms with E-state index in [0.717, 1.165) is 17.0 Å². The van der Waals surface area contributed by atoms with Crippen LogP contribution in [-0.2, 0) is 6.42 Å². The molecular formula is C18H22ClN. The number of hydrogen-bond acceptors (Lipinski definition) is 1. The molecular weight excluding hydrogens is 266 g/mol. The zero-order valence-corrected chi connectivity index (χ0v) is 13.4. The number of rotatable bonds is 4. The van der Waals surface area contributed by atoms with Crippen LogP contribution in [0.15, 0.2) is 36.4 Å². The van der Waals surface area contributed by atoms with Gasteiger partial charge >= 0.3 is 0 Å². The van der Waals surface area contributed by atoms with Gasteiger partial charge < -0.3 is 5.32 Å². The molecule has 0 bridgehead atoms. The van der Waals surface area contributed by atoms with Crippen molar-refractivity contribution < 1.29 is 0 Å². The summed E-state index contributed by atoms with van der Waals surface area (Å²) in [7, 11) is 2.00. The molecule has 0 aliphatic rings. The summed E-state index contributed by atoms with van der Waals surface area (Å²) in [5.74, 6) is 0. The Hall–Kier alpha value is -1.31. The Morgan fingerprint density at radius 1 is 0.950 bits per heavy atom. The van der Waals surface area contributed by atoms with Crippen LogP contribution in [0.4, 0.5) is 0 Å². The summed E-state index contributed by atoms with van der Waals surface area (Å²) in [6.07, 6.45) is 0.969. The summed E-state index contributed by atoms with van der Waals surface area (Å²) in [4.78, 5) is 0. The lowest BCUT2D eigenvalue weighted by atomic mass is 9.96.